The fourth-order valence-corrected chi connectivity index (χ4v) is 2.17. The van der Waals surface area contributed by atoms with Crippen LogP contribution in [0.3, 0.4) is 0 Å². The Bertz CT molecular complexity index is 557. The molecule has 0 bridgehead atoms. The molecule has 1 aromatic heterocycles. The molecule has 1 saturated carbocycles. The predicted molar refractivity (Wildman–Crippen MR) is 79.7 cm³/mol. The lowest BCUT2D eigenvalue weighted by molar-refractivity contribution is 0.375. The van der Waals surface area contributed by atoms with Crippen molar-refractivity contribution in [1.29, 1.82) is 0 Å². The highest BCUT2D eigenvalue weighted by Gasteiger charge is 2.20. The van der Waals surface area contributed by atoms with Crippen molar-refractivity contribution in [1.82, 2.24) is 10.5 Å². The van der Waals surface area contributed by atoms with E-state index in [4.69, 9.17) is 4.52 Å². The molecule has 1 N–H and O–H groups in total. The molecule has 1 heterocycles. The van der Waals surface area contributed by atoms with Gasteiger partial charge in [0.1, 0.15) is 0 Å². The molecule has 0 aliphatic heterocycles. The van der Waals surface area contributed by atoms with Crippen LogP contribution in [0.15, 0.2) is 34.9 Å². The van der Waals surface area contributed by atoms with Crippen molar-refractivity contribution < 1.29 is 4.52 Å². The highest BCUT2D eigenvalue weighted by Crippen LogP contribution is 2.20. The van der Waals surface area contributed by atoms with E-state index in [-0.39, 0.29) is 0 Å². The van der Waals surface area contributed by atoms with Crippen LogP contribution < -0.4 is 10.2 Å². The highest BCUT2D eigenvalue weighted by molar-refractivity contribution is 5.46. The van der Waals surface area contributed by atoms with Crippen molar-refractivity contribution in [2.75, 3.05) is 11.9 Å². The van der Waals surface area contributed by atoms with Gasteiger partial charge in [0.2, 0.25) is 0 Å². The second-order valence-corrected chi connectivity index (χ2v) is 5.63. The van der Waals surface area contributed by atoms with Gasteiger partial charge in [0, 0.05) is 31.4 Å². The Morgan fingerprint density at radius 1 is 1.30 bits per heavy atom. The molecule has 1 aromatic carbocycles. The van der Waals surface area contributed by atoms with Crippen LogP contribution >= 0.6 is 0 Å². The van der Waals surface area contributed by atoms with Gasteiger partial charge < -0.3 is 14.7 Å². The SMILES string of the molecule is Cc1ccc(N(C)Cc2cc(CNC3CC3)no2)cc1. The van der Waals surface area contributed by atoms with E-state index in [1.165, 1.54) is 24.1 Å². The van der Waals surface area contributed by atoms with E-state index in [1.807, 2.05) is 6.07 Å². The molecule has 4 heteroatoms. The van der Waals surface area contributed by atoms with Crippen LogP contribution in [0, 0.1) is 6.92 Å². The zero-order valence-electron chi connectivity index (χ0n) is 12.1. The molecule has 0 saturated heterocycles. The first-order valence-electron chi connectivity index (χ1n) is 7.16. The first-order valence-corrected chi connectivity index (χ1v) is 7.16. The molecule has 20 heavy (non-hydrogen) atoms. The van der Waals surface area contributed by atoms with E-state index in [1.54, 1.807) is 0 Å². The first kappa shape index (κ1) is 13.2. The molecule has 0 amide bonds. The lowest BCUT2D eigenvalue weighted by Crippen LogP contribution is -2.16. The van der Waals surface area contributed by atoms with Crippen molar-refractivity contribution in [3.63, 3.8) is 0 Å². The summed E-state index contributed by atoms with van der Waals surface area (Å²) in [5.41, 5.74) is 3.45. The maximum absolute atomic E-state index is 5.40. The number of rotatable bonds is 6. The van der Waals surface area contributed by atoms with E-state index in [9.17, 15) is 0 Å². The third-order valence-corrected chi connectivity index (χ3v) is 3.62. The van der Waals surface area contributed by atoms with E-state index in [2.05, 4.69) is 53.6 Å². The number of nitrogens with one attached hydrogen (secondary N) is 1. The second-order valence-electron chi connectivity index (χ2n) is 5.63. The number of aryl methyl sites for hydroxylation is 1. The minimum Gasteiger partial charge on any atom is -0.367 e. The summed E-state index contributed by atoms with van der Waals surface area (Å²) >= 11 is 0. The van der Waals surface area contributed by atoms with E-state index >= 15 is 0 Å². The summed E-state index contributed by atoms with van der Waals surface area (Å²) in [6, 6.07) is 11.2. The second kappa shape index (κ2) is 5.67. The van der Waals surface area contributed by atoms with Gasteiger partial charge in [0.05, 0.1) is 12.2 Å². The first-order chi connectivity index (χ1) is 9.70. The molecule has 106 valence electrons. The van der Waals surface area contributed by atoms with Crippen LogP contribution in [0.5, 0.6) is 0 Å². The normalized spacial score (nSPS) is 14.5. The zero-order chi connectivity index (χ0) is 13.9. The Balaban J connectivity index is 1.57. The molecule has 4 nitrogen and oxygen atoms in total. The summed E-state index contributed by atoms with van der Waals surface area (Å²) in [6.45, 7) is 3.64. The van der Waals surface area contributed by atoms with Crippen LogP contribution in [0.25, 0.3) is 0 Å². The maximum Gasteiger partial charge on any atom is 0.156 e. The molecule has 0 spiro atoms. The molecule has 1 aliphatic carbocycles. The van der Waals surface area contributed by atoms with Crippen molar-refractivity contribution in [3.8, 4) is 0 Å². The summed E-state index contributed by atoms with van der Waals surface area (Å²) in [5.74, 6) is 0.903. The van der Waals surface area contributed by atoms with Crippen molar-refractivity contribution >= 4 is 5.69 Å². The van der Waals surface area contributed by atoms with Crippen LogP contribution in [0.4, 0.5) is 5.69 Å². The summed E-state index contributed by atoms with van der Waals surface area (Å²) in [6.07, 6.45) is 2.59. The quantitative estimate of drug-likeness (QED) is 0.877. The third kappa shape index (κ3) is 3.39. The summed E-state index contributed by atoms with van der Waals surface area (Å²) in [5, 5.41) is 7.55. The van der Waals surface area contributed by atoms with Crippen molar-refractivity contribution in [2.24, 2.45) is 0 Å². The average molecular weight is 271 g/mol. The van der Waals surface area contributed by atoms with Gasteiger partial charge in [-0.2, -0.15) is 0 Å². The summed E-state index contributed by atoms with van der Waals surface area (Å²) < 4.78 is 5.40. The minimum atomic E-state index is 0.699. The molecular formula is C16H21N3O. The van der Waals surface area contributed by atoms with Crippen molar-refractivity contribution in [2.45, 2.75) is 38.9 Å². The predicted octanol–water partition coefficient (Wildman–Crippen LogP) is 2.87. The lowest BCUT2D eigenvalue weighted by Gasteiger charge is -2.17. The maximum atomic E-state index is 5.40. The zero-order valence-corrected chi connectivity index (χ0v) is 12.1. The van der Waals surface area contributed by atoms with Gasteiger partial charge in [-0.25, -0.2) is 0 Å². The molecular weight excluding hydrogens is 250 g/mol. The Kier molecular flexibility index (Phi) is 3.74. The highest BCUT2D eigenvalue weighted by atomic mass is 16.5. The van der Waals surface area contributed by atoms with Gasteiger partial charge in [-0.1, -0.05) is 22.9 Å². The Hall–Kier alpha value is -1.81. The van der Waals surface area contributed by atoms with Crippen LogP contribution in [-0.2, 0) is 13.1 Å². The number of hydrogen-bond acceptors (Lipinski definition) is 4. The van der Waals surface area contributed by atoms with Crippen LogP contribution in [-0.4, -0.2) is 18.2 Å². The van der Waals surface area contributed by atoms with Gasteiger partial charge in [-0.05, 0) is 31.9 Å². The van der Waals surface area contributed by atoms with E-state index < -0.39 is 0 Å². The largest absolute Gasteiger partial charge is 0.367 e. The molecule has 2 aromatic rings. The van der Waals surface area contributed by atoms with Crippen LogP contribution in [0.2, 0.25) is 0 Å². The van der Waals surface area contributed by atoms with E-state index in [0.29, 0.717) is 6.04 Å². The average Bonchev–Trinajstić information content (AvgIpc) is 3.17. The van der Waals surface area contributed by atoms with Gasteiger partial charge in [-0.3, -0.25) is 0 Å². The van der Waals surface area contributed by atoms with E-state index in [0.717, 1.165) is 24.5 Å². The number of benzene rings is 1. The number of anilines is 1. The van der Waals surface area contributed by atoms with Gasteiger partial charge >= 0.3 is 0 Å². The monoisotopic (exact) mass is 271 g/mol. The summed E-state index contributed by atoms with van der Waals surface area (Å²) in [4.78, 5) is 2.16. The molecule has 0 unspecified atom stereocenters. The standard InChI is InChI=1S/C16H21N3O/c1-12-3-7-15(8-4-12)19(2)11-16-9-14(18-20-16)10-17-13-5-6-13/h3-4,7-9,13,17H,5-6,10-11H2,1-2H3. The van der Waals surface area contributed by atoms with Gasteiger partial charge in [0.25, 0.3) is 0 Å². The fraction of sp³-hybridized carbons (Fsp3) is 0.438. The molecule has 1 aliphatic rings. The summed E-state index contributed by atoms with van der Waals surface area (Å²) in [7, 11) is 2.06. The lowest BCUT2D eigenvalue weighted by atomic mass is 10.2. The minimum absolute atomic E-state index is 0.699. The van der Waals surface area contributed by atoms with Crippen molar-refractivity contribution in [3.05, 3.63) is 47.3 Å². The third-order valence-electron chi connectivity index (χ3n) is 3.62. The number of aromatic nitrogens is 1. The Labute approximate surface area is 119 Å². The van der Waals surface area contributed by atoms with Crippen LogP contribution in [0.1, 0.15) is 29.9 Å². The number of hydrogen-bond donors (Lipinski definition) is 1. The molecule has 3 rings (SSSR count). The van der Waals surface area contributed by atoms with Gasteiger partial charge in [0.15, 0.2) is 5.76 Å². The van der Waals surface area contributed by atoms with Gasteiger partial charge in [-0.15, -0.1) is 0 Å². The fourth-order valence-electron chi connectivity index (χ4n) is 2.17. The molecule has 0 atom stereocenters. The molecule has 1 fully saturated rings. The smallest absolute Gasteiger partial charge is 0.156 e. The topological polar surface area (TPSA) is 41.3 Å². The number of nitrogens with zero attached hydrogens (tertiary/aromatic N) is 2. The Morgan fingerprint density at radius 2 is 2.05 bits per heavy atom. The Morgan fingerprint density at radius 3 is 2.75 bits per heavy atom. The molecule has 0 radical (unpaired) electrons.